The number of likely N-dealkylation sites (tertiary alicyclic amines) is 1. The van der Waals surface area contributed by atoms with E-state index in [4.69, 9.17) is 24.7 Å². The van der Waals surface area contributed by atoms with Crippen molar-refractivity contribution in [2.45, 2.75) is 167 Å². The van der Waals surface area contributed by atoms with E-state index in [1.807, 2.05) is 19.9 Å². The third-order valence-electron chi connectivity index (χ3n) is 18.0. The van der Waals surface area contributed by atoms with E-state index < -0.39 is 102 Å². The van der Waals surface area contributed by atoms with Crippen LogP contribution in [0.15, 0.2) is 48.1 Å². The van der Waals surface area contributed by atoms with Crippen LogP contribution in [0, 0.1) is 40.4 Å². The van der Waals surface area contributed by atoms with Crippen molar-refractivity contribution in [3.05, 3.63) is 53.6 Å². The van der Waals surface area contributed by atoms with E-state index in [1.165, 1.54) is 16.7 Å². The number of amides is 8. The molecule has 8 amide bonds. The number of aliphatic hydroxyl groups is 1. The van der Waals surface area contributed by atoms with Gasteiger partial charge < -0.3 is 56.4 Å². The van der Waals surface area contributed by atoms with Gasteiger partial charge in [0.1, 0.15) is 6.61 Å². The molecule has 24 heteroatoms. The summed E-state index contributed by atoms with van der Waals surface area (Å²) in [6.07, 6.45) is 8.53. The van der Waals surface area contributed by atoms with Crippen LogP contribution in [0.5, 0.6) is 0 Å². The van der Waals surface area contributed by atoms with Crippen LogP contribution in [0.2, 0.25) is 0 Å². The molecule has 6 aliphatic rings. The summed E-state index contributed by atoms with van der Waals surface area (Å²) in [6.45, 7) is 8.09. The number of hydrogen-bond acceptors (Lipinski definition) is 17. The van der Waals surface area contributed by atoms with Crippen molar-refractivity contribution in [3.63, 3.8) is 0 Å². The lowest BCUT2D eigenvalue weighted by molar-refractivity contribution is -0.200. The van der Waals surface area contributed by atoms with E-state index in [9.17, 15) is 57.8 Å². The molecule has 0 bridgehead atoms. The molecule has 2 unspecified atom stereocenters. The Labute approximate surface area is 494 Å². The summed E-state index contributed by atoms with van der Waals surface area (Å²) in [5, 5.41) is 24.4. The molecule has 23 nitrogen and oxygen atoms in total. The van der Waals surface area contributed by atoms with E-state index in [0.29, 0.717) is 62.7 Å². The van der Waals surface area contributed by atoms with Crippen molar-refractivity contribution in [2.24, 2.45) is 46.2 Å². The third-order valence-corrected chi connectivity index (χ3v) is 18.9. The van der Waals surface area contributed by atoms with Crippen molar-refractivity contribution in [1.82, 2.24) is 26.2 Å². The second-order valence-electron chi connectivity index (χ2n) is 23.9. The lowest BCUT2D eigenvalue weighted by atomic mass is 9.46. The average molecular weight is 1190 g/mol. The average Bonchev–Trinajstić information content (AvgIpc) is 1.55. The molecule has 8 N–H and O–H groups in total. The minimum Gasteiger partial charge on any atom is -0.445 e. The van der Waals surface area contributed by atoms with Crippen LogP contribution in [0.25, 0.3) is 0 Å². The van der Waals surface area contributed by atoms with Crippen molar-refractivity contribution in [2.75, 3.05) is 44.4 Å². The maximum atomic E-state index is 14.5. The van der Waals surface area contributed by atoms with Crippen LogP contribution >= 0.6 is 11.8 Å². The number of rotatable bonds is 29. The van der Waals surface area contributed by atoms with Crippen LogP contribution in [0.4, 0.5) is 20.1 Å². The van der Waals surface area contributed by atoms with E-state index in [2.05, 4.69) is 33.5 Å². The van der Waals surface area contributed by atoms with Crippen LogP contribution in [0.3, 0.4) is 0 Å². The lowest BCUT2D eigenvalue weighted by Gasteiger charge is -2.59. The first-order valence-electron chi connectivity index (χ1n) is 29.4. The number of anilines is 1. The van der Waals surface area contributed by atoms with Gasteiger partial charge in [-0.1, -0.05) is 71.2 Å². The number of hydrogen-bond donors (Lipinski definition) is 7. The predicted octanol–water partition coefficient (Wildman–Crippen LogP) is 5.10. The number of nitrogens with one attached hydrogen (secondary N) is 5. The van der Waals surface area contributed by atoms with E-state index >= 15 is 0 Å². The Kier molecular flexibility index (Phi) is 22.1. The number of benzene rings is 1. The molecule has 460 valence electrons. The largest absolute Gasteiger partial charge is 0.445 e. The number of Topliss-reactive ketones (excluding diaryl/α,β-unsaturated/α-hetero) is 3. The molecule has 2 heterocycles. The van der Waals surface area contributed by atoms with Crippen molar-refractivity contribution in [1.29, 1.82) is 0 Å². The van der Waals surface area contributed by atoms with Gasteiger partial charge in [-0.15, -0.1) is 0 Å². The highest BCUT2D eigenvalue weighted by molar-refractivity contribution is 8.00. The Morgan fingerprint density at radius 3 is 2.32 bits per heavy atom. The normalized spacial score (nSPS) is 28.2. The van der Waals surface area contributed by atoms with Gasteiger partial charge in [0, 0.05) is 60.7 Å². The Hall–Kier alpha value is -6.50. The highest BCUT2D eigenvalue weighted by Crippen LogP contribution is 2.69. The lowest BCUT2D eigenvalue weighted by Crippen LogP contribution is -2.63. The topological polar surface area (TPSA) is 334 Å². The number of nitrogens with two attached hydrogens (primary N) is 1. The number of alkyl carbamates (subject to hydrolysis) is 2. The zero-order valence-electron chi connectivity index (χ0n) is 49.0. The number of ketones is 4. The number of carbonyl (C=O) groups is 11. The molecular weight excluding hydrogens is 1110 g/mol. The number of imide groups is 1. The van der Waals surface area contributed by atoms with Gasteiger partial charge in [-0.25, -0.2) is 14.4 Å². The zero-order chi connectivity index (χ0) is 61.1. The quantitative estimate of drug-likeness (QED) is 0.0405. The zero-order valence-corrected chi connectivity index (χ0v) is 49.8. The van der Waals surface area contributed by atoms with E-state index in [-0.39, 0.29) is 103 Å². The first-order chi connectivity index (χ1) is 39.9. The summed E-state index contributed by atoms with van der Waals surface area (Å²) in [7, 11) is 0. The summed E-state index contributed by atoms with van der Waals surface area (Å²) in [4.78, 5) is 143. The third kappa shape index (κ3) is 14.9. The first kappa shape index (κ1) is 65.1. The highest BCUT2D eigenvalue weighted by atomic mass is 32.2. The molecule has 0 radical (unpaired) electrons. The van der Waals surface area contributed by atoms with Gasteiger partial charge in [0.15, 0.2) is 35.8 Å². The molecule has 7 rings (SSSR count). The number of primary amides is 1. The van der Waals surface area contributed by atoms with Crippen LogP contribution < -0.4 is 32.3 Å². The van der Waals surface area contributed by atoms with Crippen LogP contribution in [-0.2, 0) is 63.9 Å². The van der Waals surface area contributed by atoms with Crippen LogP contribution in [-0.4, -0.2) is 149 Å². The smallest absolute Gasteiger partial charge is 0.407 e. The fraction of sp³-hybridized carbons (Fsp3) is 0.650. The highest BCUT2D eigenvalue weighted by Gasteiger charge is 2.76. The summed E-state index contributed by atoms with van der Waals surface area (Å²) in [5.74, 6) is -4.14. The summed E-state index contributed by atoms with van der Waals surface area (Å²) < 4.78 is 23.7. The number of allylic oxidation sites excluding steroid dienone is 4. The number of ether oxygens (including phenoxy) is 4. The Balaban J connectivity index is 0.831. The van der Waals surface area contributed by atoms with Gasteiger partial charge in [-0.2, -0.15) is 11.8 Å². The maximum absolute atomic E-state index is 14.5. The minimum absolute atomic E-state index is 0.00147. The number of carbonyl (C=O) groups excluding carboxylic acids is 11. The Morgan fingerprint density at radius 1 is 0.940 bits per heavy atom. The second kappa shape index (κ2) is 28.6. The standard InChI is InChI=1S/C60H83N7O16S/c1-7-12-50-82-47-27-42-41-20-17-37-26-39(68)21-22-58(37,4)51(41)44(71)29-59(42,5)60(47,83-50)46(72)33-81-57(79)64-31-40(69)30-63-56(78)80-32-35-15-18-38(19-16-35)65-53(75)36(13-11-23-62-55(61)77)25-43(70)52(34(2)3)66-48(73)14-9-8-10-24-67-49(74)28-45(84-6)54(67)76/h15-16,18-19,21-22,26,34,36,41-42,44-45,47,50-52,71H,7-14,17,20,23-25,27-33H2,1-6H3,(H,63,78)(H,64,79)(H,65,75)(H,66,73)(H3,61,62,77)/t36-,41+,42+,44+,45?,47-,50?,51-,52+,58+,59+,60-/m1/s1. The number of thioether (sulfide) groups is 1. The molecule has 3 saturated carbocycles. The monoisotopic (exact) mass is 1190 g/mol. The molecule has 12 atom stereocenters. The minimum atomic E-state index is -1.51. The fourth-order valence-corrected chi connectivity index (χ4v) is 14.4. The Bertz CT molecular complexity index is 2740. The summed E-state index contributed by atoms with van der Waals surface area (Å²) >= 11 is 1.35. The fourth-order valence-electron chi connectivity index (χ4n) is 13.8. The van der Waals surface area contributed by atoms with Gasteiger partial charge in [0.25, 0.3) is 0 Å². The summed E-state index contributed by atoms with van der Waals surface area (Å²) in [5.41, 5.74) is 4.22. The van der Waals surface area contributed by atoms with E-state index in [0.717, 1.165) is 18.4 Å². The number of urea groups is 1. The molecule has 84 heavy (non-hydrogen) atoms. The van der Waals surface area contributed by atoms with Gasteiger partial charge in [-0.05, 0) is 112 Å². The van der Waals surface area contributed by atoms with Crippen molar-refractivity contribution >= 4 is 82.4 Å². The first-order valence-corrected chi connectivity index (χ1v) is 30.7. The predicted molar refractivity (Wildman–Crippen MR) is 307 cm³/mol. The molecule has 2 saturated heterocycles. The van der Waals surface area contributed by atoms with E-state index in [1.54, 1.807) is 56.5 Å². The molecule has 2 aliphatic heterocycles. The Morgan fingerprint density at radius 2 is 1.65 bits per heavy atom. The number of nitrogens with zero attached hydrogens (tertiary/aromatic N) is 1. The van der Waals surface area contributed by atoms with Gasteiger partial charge in [0.2, 0.25) is 29.4 Å². The van der Waals surface area contributed by atoms with Gasteiger partial charge in [-0.3, -0.25) is 43.3 Å². The number of unbranched alkanes of at least 4 members (excludes halogenated alkanes) is 2. The number of fused-ring (bicyclic) bond motifs is 7. The van der Waals surface area contributed by atoms with Gasteiger partial charge in [0.05, 0.1) is 36.6 Å². The molecule has 5 fully saturated rings. The second-order valence-corrected chi connectivity index (χ2v) is 24.9. The molecule has 1 aromatic rings. The molecule has 1 aromatic carbocycles. The molecule has 4 aliphatic carbocycles. The van der Waals surface area contributed by atoms with Crippen molar-refractivity contribution < 1.29 is 76.8 Å². The van der Waals surface area contributed by atoms with Gasteiger partial charge >= 0.3 is 18.2 Å². The molecule has 0 spiro atoms. The summed E-state index contributed by atoms with van der Waals surface area (Å²) in [6, 6.07) is 4.72. The maximum Gasteiger partial charge on any atom is 0.407 e. The molecule has 0 aromatic heterocycles. The SMILES string of the molecule is CCCC1O[C@@H]2C[C@H]3[C@@H]4CCC5=CC(=O)C=C[C@]5(C)[C@H]4[C@@H](O)C[C@]3(C)[C@]2(C(=O)COC(=O)NCC(=O)CNC(=O)OCc2ccc(NC(=O)[C@H](CCCNC(N)=O)CC(=O)[C@@H](NC(=O)CCCCCN3C(=O)CC(SC)C3=O)C(C)C)cc2)O1. The van der Waals surface area contributed by atoms with Crippen LogP contribution in [0.1, 0.15) is 130 Å². The number of aliphatic hydroxyl groups excluding tert-OH is 1. The van der Waals surface area contributed by atoms with Crippen molar-refractivity contribution in [3.8, 4) is 0 Å². The molecular formula is C60H83N7O16S.